The Bertz CT molecular complexity index is 268. The van der Waals surface area contributed by atoms with E-state index < -0.39 is 23.6 Å². The van der Waals surface area contributed by atoms with Crippen LogP contribution in [0.5, 0.6) is 0 Å². The van der Waals surface area contributed by atoms with Crippen LogP contribution in [0.3, 0.4) is 0 Å². The van der Waals surface area contributed by atoms with Crippen molar-refractivity contribution in [2.45, 2.75) is 19.1 Å². The Hall–Kier alpha value is -1.14. The maximum absolute atomic E-state index is 11.6. The van der Waals surface area contributed by atoms with Gasteiger partial charge in [0.15, 0.2) is 5.79 Å². The van der Waals surface area contributed by atoms with Crippen LogP contribution in [0.4, 0.5) is 0 Å². The molecule has 0 amide bonds. The van der Waals surface area contributed by atoms with Crippen LogP contribution >= 0.6 is 0 Å². The summed E-state index contributed by atoms with van der Waals surface area (Å²) >= 11 is 0. The Morgan fingerprint density at radius 2 is 1.81 bits per heavy atom. The first-order valence-electron chi connectivity index (χ1n) is 4.96. The fraction of sp³-hybridized carbons (Fsp3) is 0.800. The quantitative estimate of drug-likeness (QED) is 0.640. The Labute approximate surface area is 93.8 Å². The summed E-state index contributed by atoms with van der Waals surface area (Å²) in [4.78, 5) is 22.8. The van der Waals surface area contributed by atoms with Gasteiger partial charge in [-0.3, -0.25) is 9.59 Å². The monoisotopic (exact) mass is 232 g/mol. The Morgan fingerprint density at radius 3 is 2.25 bits per heavy atom. The third-order valence-electron chi connectivity index (χ3n) is 2.58. The van der Waals surface area contributed by atoms with Crippen LogP contribution in [-0.2, 0) is 28.5 Å². The normalized spacial score (nSPS) is 20.2. The fourth-order valence-electron chi connectivity index (χ4n) is 1.61. The summed E-state index contributed by atoms with van der Waals surface area (Å²) in [7, 11) is 2.51. The molecule has 1 rings (SSSR count). The van der Waals surface area contributed by atoms with E-state index in [1.165, 1.54) is 14.2 Å². The van der Waals surface area contributed by atoms with Gasteiger partial charge in [0, 0.05) is 0 Å². The minimum atomic E-state index is -1.11. The predicted octanol–water partition coefficient (Wildman–Crippen LogP) is 0.102. The minimum absolute atomic E-state index is 0.125. The lowest BCUT2D eigenvalue weighted by Crippen LogP contribution is -2.42. The summed E-state index contributed by atoms with van der Waals surface area (Å²) < 4.78 is 19.8. The molecular formula is C10H16O6. The molecule has 0 aromatic rings. The Morgan fingerprint density at radius 1 is 1.25 bits per heavy atom. The second kappa shape index (κ2) is 5.27. The van der Waals surface area contributed by atoms with Crippen molar-refractivity contribution in [1.29, 1.82) is 0 Å². The predicted molar refractivity (Wildman–Crippen MR) is 52.4 cm³/mol. The first-order chi connectivity index (χ1) is 7.53. The van der Waals surface area contributed by atoms with Crippen molar-refractivity contribution in [1.82, 2.24) is 0 Å². The van der Waals surface area contributed by atoms with Gasteiger partial charge in [-0.25, -0.2) is 0 Å². The molecule has 0 aromatic heterocycles. The van der Waals surface area contributed by atoms with Gasteiger partial charge >= 0.3 is 11.9 Å². The van der Waals surface area contributed by atoms with Crippen LogP contribution in [0.25, 0.3) is 0 Å². The molecule has 1 aliphatic heterocycles. The van der Waals surface area contributed by atoms with Crippen LogP contribution in [0.15, 0.2) is 0 Å². The van der Waals surface area contributed by atoms with E-state index in [1.54, 1.807) is 6.92 Å². The number of methoxy groups -OCH3 is 2. The van der Waals surface area contributed by atoms with Crippen LogP contribution in [-0.4, -0.2) is 45.2 Å². The van der Waals surface area contributed by atoms with Crippen molar-refractivity contribution in [2.24, 2.45) is 5.92 Å². The topological polar surface area (TPSA) is 71.1 Å². The molecule has 0 N–H and O–H groups in total. The highest BCUT2D eigenvalue weighted by Gasteiger charge is 2.46. The van der Waals surface area contributed by atoms with Crippen molar-refractivity contribution in [3.63, 3.8) is 0 Å². The lowest BCUT2D eigenvalue weighted by atomic mass is 9.96. The molecule has 92 valence electrons. The molecule has 0 spiro atoms. The molecule has 1 atom stereocenters. The standard InChI is InChI=1S/C10H16O6/c1-10(15-4-5-16-10)7(9(12)14-3)6-8(11)13-2/h7H,4-6H2,1-3H3. The average Bonchev–Trinajstić information content (AvgIpc) is 2.72. The third kappa shape index (κ3) is 2.70. The minimum Gasteiger partial charge on any atom is -0.469 e. The zero-order valence-electron chi connectivity index (χ0n) is 9.65. The van der Waals surface area contributed by atoms with Crippen LogP contribution in [0.1, 0.15) is 13.3 Å². The maximum atomic E-state index is 11.6. The van der Waals surface area contributed by atoms with Crippen molar-refractivity contribution < 1.29 is 28.5 Å². The molecule has 0 aliphatic carbocycles. The molecule has 1 fully saturated rings. The molecule has 1 heterocycles. The van der Waals surface area contributed by atoms with Crippen LogP contribution in [0, 0.1) is 5.92 Å². The SMILES string of the molecule is COC(=O)CC(C(=O)OC)C1(C)OCCO1. The molecule has 1 saturated heterocycles. The van der Waals surface area contributed by atoms with E-state index in [1.807, 2.05) is 0 Å². The van der Waals surface area contributed by atoms with Gasteiger partial charge in [-0.15, -0.1) is 0 Å². The first kappa shape index (κ1) is 12.9. The molecule has 0 saturated carbocycles. The van der Waals surface area contributed by atoms with Crippen LogP contribution in [0.2, 0.25) is 0 Å². The molecule has 0 radical (unpaired) electrons. The molecule has 1 aliphatic rings. The second-order valence-electron chi connectivity index (χ2n) is 3.57. The van der Waals surface area contributed by atoms with E-state index in [0.717, 1.165) is 0 Å². The van der Waals surface area contributed by atoms with Crippen molar-refractivity contribution in [3.05, 3.63) is 0 Å². The molecule has 16 heavy (non-hydrogen) atoms. The largest absolute Gasteiger partial charge is 0.469 e. The molecule has 1 unspecified atom stereocenters. The van der Waals surface area contributed by atoms with E-state index >= 15 is 0 Å². The third-order valence-corrected chi connectivity index (χ3v) is 2.58. The number of carbonyl (C=O) groups is 2. The number of rotatable bonds is 4. The number of ether oxygens (including phenoxy) is 4. The summed E-state index contributed by atoms with van der Waals surface area (Å²) in [6, 6.07) is 0. The number of hydrogen-bond acceptors (Lipinski definition) is 6. The molecule has 6 nitrogen and oxygen atoms in total. The molecule has 0 bridgehead atoms. The lowest BCUT2D eigenvalue weighted by molar-refractivity contribution is -0.202. The Balaban J connectivity index is 2.78. The van der Waals surface area contributed by atoms with Crippen molar-refractivity contribution in [3.8, 4) is 0 Å². The zero-order valence-corrected chi connectivity index (χ0v) is 9.65. The van der Waals surface area contributed by atoms with Gasteiger partial charge in [-0.1, -0.05) is 0 Å². The van der Waals surface area contributed by atoms with Gasteiger partial charge in [0.1, 0.15) is 5.92 Å². The van der Waals surface area contributed by atoms with Crippen molar-refractivity contribution >= 4 is 11.9 Å². The van der Waals surface area contributed by atoms with Gasteiger partial charge in [0.05, 0.1) is 33.9 Å². The molecule has 0 aromatic carbocycles. The number of hydrogen-bond donors (Lipinski definition) is 0. The van der Waals surface area contributed by atoms with Gasteiger partial charge in [-0.2, -0.15) is 0 Å². The first-order valence-corrected chi connectivity index (χ1v) is 4.96. The van der Waals surface area contributed by atoms with Gasteiger partial charge < -0.3 is 18.9 Å². The summed E-state index contributed by atoms with van der Waals surface area (Å²) in [5, 5.41) is 0. The van der Waals surface area contributed by atoms with E-state index in [2.05, 4.69) is 9.47 Å². The smallest absolute Gasteiger partial charge is 0.314 e. The van der Waals surface area contributed by atoms with E-state index in [0.29, 0.717) is 13.2 Å². The molecular weight excluding hydrogens is 216 g/mol. The second-order valence-corrected chi connectivity index (χ2v) is 3.57. The van der Waals surface area contributed by atoms with Gasteiger partial charge in [-0.05, 0) is 6.92 Å². The van der Waals surface area contributed by atoms with E-state index in [4.69, 9.17) is 9.47 Å². The zero-order chi connectivity index (χ0) is 12.2. The van der Waals surface area contributed by atoms with Crippen LogP contribution < -0.4 is 0 Å². The summed E-state index contributed by atoms with van der Waals surface area (Å²) in [6.45, 7) is 2.40. The Kier molecular flexibility index (Phi) is 4.26. The maximum Gasteiger partial charge on any atom is 0.314 e. The summed E-state index contributed by atoms with van der Waals surface area (Å²) in [6.07, 6.45) is -0.125. The molecule has 6 heteroatoms. The lowest BCUT2D eigenvalue weighted by Gasteiger charge is -2.29. The summed E-state index contributed by atoms with van der Waals surface area (Å²) in [5.74, 6) is -2.97. The fourth-order valence-corrected chi connectivity index (χ4v) is 1.61. The summed E-state index contributed by atoms with van der Waals surface area (Å²) in [5.41, 5.74) is 0. The number of carbonyl (C=O) groups excluding carboxylic acids is 2. The highest BCUT2D eigenvalue weighted by Crippen LogP contribution is 2.31. The number of esters is 2. The van der Waals surface area contributed by atoms with Gasteiger partial charge in [0.25, 0.3) is 0 Å². The van der Waals surface area contributed by atoms with E-state index in [-0.39, 0.29) is 6.42 Å². The van der Waals surface area contributed by atoms with Gasteiger partial charge in [0.2, 0.25) is 0 Å². The van der Waals surface area contributed by atoms with Crippen molar-refractivity contribution in [2.75, 3.05) is 27.4 Å². The average molecular weight is 232 g/mol. The highest BCUT2D eigenvalue weighted by atomic mass is 16.7. The van der Waals surface area contributed by atoms with E-state index in [9.17, 15) is 9.59 Å². The highest BCUT2D eigenvalue weighted by molar-refractivity contribution is 5.80.